The molecule has 0 aromatic carbocycles. The van der Waals surface area contributed by atoms with Gasteiger partial charge in [-0.2, -0.15) is 10.2 Å². The fraction of sp³-hybridized carbons (Fsp3) is 0.125. The number of nitrogen functional groups attached to an aromatic ring is 1. The first-order valence-corrected chi connectivity index (χ1v) is 7.85. The van der Waals surface area contributed by atoms with Crippen LogP contribution in [0.2, 0.25) is 0 Å². The Morgan fingerprint density at radius 2 is 2.12 bits per heavy atom. The highest BCUT2D eigenvalue weighted by atomic mass is 79.9. The van der Waals surface area contributed by atoms with Crippen molar-refractivity contribution in [3.8, 4) is 17.5 Å². The molecule has 0 atom stereocenters. The fourth-order valence-electron chi connectivity index (χ4n) is 2.11. The number of rotatable bonds is 4. The normalized spacial score (nSPS) is 10.4. The summed E-state index contributed by atoms with van der Waals surface area (Å²) in [5.74, 6) is 0.829. The van der Waals surface area contributed by atoms with Crippen LogP contribution in [0.5, 0.6) is 0 Å². The number of aromatic nitrogens is 3. The van der Waals surface area contributed by atoms with E-state index < -0.39 is 0 Å². The van der Waals surface area contributed by atoms with Gasteiger partial charge in [0.05, 0.1) is 12.2 Å². The molecule has 3 heterocycles. The van der Waals surface area contributed by atoms with Gasteiger partial charge < -0.3 is 15.5 Å². The number of halogens is 1. The van der Waals surface area contributed by atoms with Crippen molar-refractivity contribution in [2.45, 2.75) is 13.5 Å². The lowest BCUT2D eigenvalue weighted by molar-refractivity contribution is 0.553. The van der Waals surface area contributed by atoms with Crippen molar-refractivity contribution in [3.63, 3.8) is 0 Å². The topological polar surface area (TPSA) is 114 Å². The molecule has 0 radical (unpaired) electrons. The fourth-order valence-corrected chi connectivity index (χ4v) is 2.42. The Morgan fingerprint density at radius 3 is 2.75 bits per heavy atom. The van der Waals surface area contributed by atoms with Gasteiger partial charge in [-0.05, 0) is 46.6 Å². The summed E-state index contributed by atoms with van der Waals surface area (Å²) >= 11 is 3.23. The molecule has 3 N–H and O–H groups in total. The third-order valence-corrected chi connectivity index (χ3v) is 3.68. The van der Waals surface area contributed by atoms with Crippen molar-refractivity contribution in [1.29, 1.82) is 5.26 Å². The molecule has 0 fully saturated rings. The smallest absolute Gasteiger partial charge is 0.222 e. The van der Waals surface area contributed by atoms with Gasteiger partial charge in [0.15, 0.2) is 16.2 Å². The minimum absolute atomic E-state index is 0.0517. The third kappa shape index (κ3) is 3.36. The van der Waals surface area contributed by atoms with Crippen LogP contribution in [0.25, 0.3) is 11.5 Å². The van der Waals surface area contributed by atoms with Gasteiger partial charge >= 0.3 is 0 Å². The number of pyridine rings is 1. The van der Waals surface area contributed by atoms with E-state index in [0.29, 0.717) is 28.5 Å². The zero-order valence-corrected chi connectivity index (χ0v) is 14.3. The Kier molecular flexibility index (Phi) is 4.44. The van der Waals surface area contributed by atoms with E-state index in [4.69, 9.17) is 10.2 Å². The summed E-state index contributed by atoms with van der Waals surface area (Å²) in [6, 6.07) is 9.41. The van der Waals surface area contributed by atoms with E-state index in [1.54, 1.807) is 18.3 Å². The maximum Gasteiger partial charge on any atom is 0.222 e. The lowest BCUT2D eigenvalue weighted by Crippen LogP contribution is -2.09. The molecular weight excluding hydrogens is 372 g/mol. The molecule has 0 unspecified atom stereocenters. The summed E-state index contributed by atoms with van der Waals surface area (Å²) in [5, 5.41) is 12.6. The van der Waals surface area contributed by atoms with Crippen LogP contribution in [-0.2, 0) is 6.54 Å². The van der Waals surface area contributed by atoms with Crippen LogP contribution in [0.1, 0.15) is 16.8 Å². The van der Waals surface area contributed by atoms with Gasteiger partial charge in [-0.1, -0.05) is 6.07 Å². The highest BCUT2D eigenvalue weighted by Crippen LogP contribution is 2.29. The highest BCUT2D eigenvalue weighted by molar-refractivity contribution is 9.10. The van der Waals surface area contributed by atoms with E-state index in [0.717, 1.165) is 11.3 Å². The molecule has 3 aromatic heterocycles. The lowest BCUT2D eigenvalue weighted by atomic mass is 10.2. The van der Waals surface area contributed by atoms with Gasteiger partial charge in [0.25, 0.3) is 0 Å². The number of nitrogens with one attached hydrogen (secondary N) is 1. The SMILES string of the molecule is Cc1ccc(CNc2nc(N)nc(-c3ccc(Br)o3)c2C#N)nc1. The summed E-state index contributed by atoms with van der Waals surface area (Å²) in [6.07, 6.45) is 1.78. The van der Waals surface area contributed by atoms with E-state index in [9.17, 15) is 5.26 Å². The van der Waals surface area contributed by atoms with Gasteiger partial charge in [-0.25, -0.2) is 4.98 Å². The third-order valence-electron chi connectivity index (χ3n) is 3.25. The van der Waals surface area contributed by atoms with Crippen molar-refractivity contribution < 1.29 is 4.42 Å². The minimum atomic E-state index is 0.0517. The van der Waals surface area contributed by atoms with Crippen LogP contribution in [0.3, 0.4) is 0 Å². The second-order valence-electron chi connectivity index (χ2n) is 5.05. The molecular formula is C16H13BrN6O. The van der Waals surface area contributed by atoms with Gasteiger partial charge in [-0.15, -0.1) is 0 Å². The zero-order valence-electron chi connectivity index (χ0n) is 12.7. The van der Waals surface area contributed by atoms with Crippen LogP contribution >= 0.6 is 15.9 Å². The molecule has 7 nitrogen and oxygen atoms in total. The monoisotopic (exact) mass is 384 g/mol. The first-order valence-electron chi connectivity index (χ1n) is 7.05. The second kappa shape index (κ2) is 6.68. The maximum absolute atomic E-state index is 9.51. The van der Waals surface area contributed by atoms with Crippen molar-refractivity contribution in [2.24, 2.45) is 0 Å². The molecule has 24 heavy (non-hydrogen) atoms. The van der Waals surface area contributed by atoms with Crippen LogP contribution in [0.4, 0.5) is 11.8 Å². The summed E-state index contributed by atoms with van der Waals surface area (Å²) in [4.78, 5) is 12.6. The number of nitrogens with zero attached hydrogens (tertiary/aromatic N) is 4. The largest absolute Gasteiger partial charge is 0.448 e. The molecule has 0 aliphatic heterocycles. The van der Waals surface area contributed by atoms with Crippen LogP contribution in [0, 0.1) is 18.3 Å². The Balaban J connectivity index is 1.94. The maximum atomic E-state index is 9.51. The second-order valence-corrected chi connectivity index (χ2v) is 5.83. The molecule has 0 aliphatic carbocycles. The number of furan rings is 1. The van der Waals surface area contributed by atoms with Gasteiger partial charge in [0.1, 0.15) is 17.3 Å². The predicted octanol–water partition coefficient (Wildman–Crippen LogP) is 3.27. The predicted molar refractivity (Wildman–Crippen MR) is 92.9 cm³/mol. The lowest BCUT2D eigenvalue weighted by Gasteiger charge is -2.10. The Hall–Kier alpha value is -2.92. The average Bonchev–Trinajstić information content (AvgIpc) is 3.00. The molecule has 3 rings (SSSR count). The summed E-state index contributed by atoms with van der Waals surface area (Å²) in [7, 11) is 0. The Labute approximate surface area is 146 Å². The van der Waals surface area contributed by atoms with Crippen molar-refractivity contribution in [3.05, 3.63) is 52.0 Å². The summed E-state index contributed by atoms with van der Waals surface area (Å²) < 4.78 is 6.02. The van der Waals surface area contributed by atoms with Gasteiger partial charge in [-0.3, -0.25) is 4.98 Å². The molecule has 0 aliphatic rings. The van der Waals surface area contributed by atoms with Gasteiger partial charge in [0.2, 0.25) is 5.95 Å². The molecule has 0 amide bonds. The Morgan fingerprint density at radius 1 is 1.29 bits per heavy atom. The number of nitriles is 1. The molecule has 0 spiro atoms. The van der Waals surface area contributed by atoms with Crippen LogP contribution < -0.4 is 11.1 Å². The van der Waals surface area contributed by atoms with E-state index in [1.165, 1.54) is 0 Å². The molecule has 8 heteroatoms. The quantitative estimate of drug-likeness (QED) is 0.709. The van der Waals surface area contributed by atoms with Gasteiger partial charge in [0, 0.05) is 6.20 Å². The minimum Gasteiger partial charge on any atom is -0.448 e. The number of hydrogen-bond donors (Lipinski definition) is 2. The van der Waals surface area contributed by atoms with Crippen molar-refractivity contribution in [1.82, 2.24) is 15.0 Å². The summed E-state index contributed by atoms with van der Waals surface area (Å²) in [5.41, 5.74) is 8.28. The standard InChI is InChI=1S/C16H13BrN6O/c1-9-2-3-10(20-7-9)8-21-15-11(6-18)14(22-16(19)23-15)12-4-5-13(17)24-12/h2-5,7H,8H2,1H3,(H3,19,21,22,23). The first-order chi connectivity index (χ1) is 11.6. The van der Waals surface area contributed by atoms with Crippen molar-refractivity contribution in [2.75, 3.05) is 11.1 Å². The number of hydrogen-bond acceptors (Lipinski definition) is 7. The van der Waals surface area contributed by atoms with E-state index >= 15 is 0 Å². The Bertz CT molecular complexity index is 913. The van der Waals surface area contributed by atoms with E-state index in [1.807, 2.05) is 19.1 Å². The molecule has 120 valence electrons. The van der Waals surface area contributed by atoms with Crippen LogP contribution in [0.15, 0.2) is 39.5 Å². The average molecular weight is 385 g/mol. The molecule has 0 saturated heterocycles. The zero-order chi connectivity index (χ0) is 17.1. The first kappa shape index (κ1) is 16.0. The summed E-state index contributed by atoms with van der Waals surface area (Å²) in [6.45, 7) is 2.38. The number of nitrogens with two attached hydrogens (primary N) is 1. The number of aryl methyl sites for hydroxylation is 1. The highest BCUT2D eigenvalue weighted by Gasteiger charge is 2.17. The van der Waals surface area contributed by atoms with E-state index in [2.05, 4.69) is 42.3 Å². The van der Waals surface area contributed by atoms with Crippen molar-refractivity contribution >= 4 is 27.7 Å². The molecule has 0 saturated carbocycles. The van der Waals surface area contributed by atoms with Crippen LogP contribution in [-0.4, -0.2) is 15.0 Å². The van der Waals surface area contributed by atoms with E-state index in [-0.39, 0.29) is 11.5 Å². The number of anilines is 2. The molecule has 3 aromatic rings. The molecule has 0 bridgehead atoms.